The maximum Gasteiger partial charge on any atom is 0.223 e. The molecule has 1 fully saturated rings. The lowest BCUT2D eigenvalue weighted by atomic mass is 10.0. The lowest BCUT2D eigenvalue weighted by Crippen LogP contribution is -2.44. The van der Waals surface area contributed by atoms with Crippen molar-refractivity contribution in [3.63, 3.8) is 0 Å². The van der Waals surface area contributed by atoms with Gasteiger partial charge >= 0.3 is 0 Å². The van der Waals surface area contributed by atoms with Crippen LogP contribution in [0.2, 0.25) is 0 Å². The molecule has 1 amide bonds. The number of carbonyl (C=O) groups is 1. The van der Waals surface area contributed by atoms with Gasteiger partial charge in [-0.2, -0.15) is 0 Å². The minimum Gasteiger partial charge on any atom is -0.469 e. The zero-order valence-electron chi connectivity index (χ0n) is 11.0. The second kappa shape index (κ2) is 6.59. The SMILES string of the molecule is CCNC1CCN(C(=O)CCc2ccco2)CC1. The number of hydrogen-bond donors (Lipinski definition) is 1. The van der Waals surface area contributed by atoms with E-state index in [0.717, 1.165) is 38.2 Å². The molecule has 0 unspecified atom stereocenters. The van der Waals surface area contributed by atoms with Gasteiger partial charge in [-0.25, -0.2) is 0 Å². The van der Waals surface area contributed by atoms with E-state index in [-0.39, 0.29) is 5.91 Å². The molecule has 1 aromatic heterocycles. The van der Waals surface area contributed by atoms with Crippen LogP contribution in [0, 0.1) is 0 Å². The maximum atomic E-state index is 12.0. The molecule has 4 nitrogen and oxygen atoms in total. The topological polar surface area (TPSA) is 45.5 Å². The van der Waals surface area contributed by atoms with Gasteiger partial charge in [0.1, 0.15) is 5.76 Å². The Morgan fingerprint density at radius 2 is 2.28 bits per heavy atom. The molecule has 1 N–H and O–H groups in total. The Balaban J connectivity index is 1.70. The summed E-state index contributed by atoms with van der Waals surface area (Å²) in [5.74, 6) is 1.15. The molecule has 4 heteroatoms. The highest BCUT2D eigenvalue weighted by Gasteiger charge is 2.21. The van der Waals surface area contributed by atoms with E-state index in [9.17, 15) is 4.79 Å². The van der Waals surface area contributed by atoms with Crippen molar-refractivity contribution in [3.05, 3.63) is 24.2 Å². The first kappa shape index (κ1) is 13.1. The molecule has 100 valence electrons. The van der Waals surface area contributed by atoms with Gasteiger partial charge in [0.15, 0.2) is 0 Å². The molecular formula is C14H22N2O2. The number of furan rings is 1. The number of nitrogens with one attached hydrogen (secondary N) is 1. The Morgan fingerprint density at radius 1 is 1.50 bits per heavy atom. The average Bonchev–Trinajstić information content (AvgIpc) is 2.90. The fourth-order valence-corrected chi connectivity index (χ4v) is 2.46. The summed E-state index contributed by atoms with van der Waals surface area (Å²) in [5.41, 5.74) is 0. The van der Waals surface area contributed by atoms with Gasteiger partial charge in [0.2, 0.25) is 5.91 Å². The number of aryl methyl sites for hydroxylation is 1. The van der Waals surface area contributed by atoms with Gasteiger partial charge in [-0.15, -0.1) is 0 Å². The normalized spacial score (nSPS) is 17.1. The third-order valence-corrected chi connectivity index (χ3v) is 3.51. The zero-order valence-corrected chi connectivity index (χ0v) is 11.0. The molecular weight excluding hydrogens is 228 g/mol. The van der Waals surface area contributed by atoms with Crippen molar-refractivity contribution in [2.45, 2.75) is 38.6 Å². The first-order chi connectivity index (χ1) is 8.79. The van der Waals surface area contributed by atoms with Crippen molar-refractivity contribution in [2.75, 3.05) is 19.6 Å². The summed E-state index contributed by atoms with van der Waals surface area (Å²) < 4.78 is 5.24. The van der Waals surface area contributed by atoms with E-state index in [2.05, 4.69) is 12.2 Å². The largest absolute Gasteiger partial charge is 0.469 e. The van der Waals surface area contributed by atoms with Crippen LogP contribution < -0.4 is 5.32 Å². The van der Waals surface area contributed by atoms with E-state index in [4.69, 9.17) is 4.42 Å². The highest BCUT2D eigenvalue weighted by molar-refractivity contribution is 5.76. The van der Waals surface area contributed by atoms with Crippen LogP contribution in [0.1, 0.15) is 31.9 Å². The smallest absolute Gasteiger partial charge is 0.223 e. The molecule has 1 aromatic rings. The summed E-state index contributed by atoms with van der Waals surface area (Å²) in [6, 6.07) is 4.37. The van der Waals surface area contributed by atoms with Gasteiger partial charge in [0.05, 0.1) is 6.26 Å². The predicted molar refractivity (Wildman–Crippen MR) is 70.3 cm³/mol. The molecule has 1 saturated heterocycles. The summed E-state index contributed by atoms with van der Waals surface area (Å²) in [6.45, 7) is 4.90. The number of rotatable bonds is 5. The standard InChI is InChI=1S/C14H22N2O2/c1-2-15-12-7-9-16(10-8-12)14(17)6-5-13-4-3-11-18-13/h3-4,11-12,15H,2,5-10H2,1H3. The number of likely N-dealkylation sites (tertiary alicyclic amines) is 1. The van der Waals surface area contributed by atoms with Crippen molar-refractivity contribution < 1.29 is 9.21 Å². The maximum absolute atomic E-state index is 12.0. The Morgan fingerprint density at radius 3 is 2.89 bits per heavy atom. The summed E-state index contributed by atoms with van der Waals surface area (Å²) >= 11 is 0. The molecule has 1 aliphatic heterocycles. The van der Waals surface area contributed by atoms with E-state index < -0.39 is 0 Å². The van der Waals surface area contributed by atoms with Crippen molar-refractivity contribution >= 4 is 5.91 Å². The zero-order chi connectivity index (χ0) is 12.8. The van der Waals surface area contributed by atoms with Crippen LogP contribution in [0.15, 0.2) is 22.8 Å². The summed E-state index contributed by atoms with van der Waals surface area (Å²) in [7, 11) is 0. The van der Waals surface area contributed by atoms with Gasteiger partial charge in [0, 0.05) is 32.0 Å². The van der Waals surface area contributed by atoms with E-state index in [1.54, 1.807) is 6.26 Å². The van der Waals surface area contributed by atoms with Gasteiger partial charge in [-0.05, 0) is 31.5 Å². The monoisotopic (exact) mass is 250 g/mol. The van der Waals surface area contributed by atoms with Crippen LogP contribution >= 0.6 is 0 Å². The Bertz CT molecular complexity index is 354. The fraction of sp³-hybridized carbons (Fsp3) is 0.643. The van der Waals surface area contributed by atoms with Gasteiger partial charge in [-0.1, -0.05) is 6.92 Å². The summed E-state index contributed by atoms with van der Waals surface area (Å²) in [4.78, 5) is 14.0. The highest BCUT2D eigenvalue weighted by atomic mass is 16.3. The second-order valence-electron chi connectivity index (χ2n) is 4.79. The molecule has 0 radical (unpaired) electrons. The minimum absolute atomic E-state index is 0.251. The van der Waals surface area contributed by atoms with Crippen molar-refractivity contribution in [1.29, 1.82) is 0 Å². The lowest BCUT2D eigenvalue weighted by molar-refractivity contribution is -0.132. The third-order valence-electron chi connectivity index (χ3n) is 3.51. The number of piperidine rings is 1. The second-order valence-corrected chi connectivity index (χ2v) is 4.79. The van der Waals surface area contributed by atoms with Gasteiger partial charge in [-0.3, -0.25) is 4.79 Å². The quantitative estimate of drug-likeness (QED) is 0.867. The molecule has 0 spiro atoms. The Hall–Kier alpha value is -1.29. The molecule has 18 heavy (non-hydrogen) atoms. The van der Waals surface area contributed by atoms with Crippen LogP contribution in [0.5, 0.6) is 0 Å². The van der Waals surface area contributed by atoms with Crippen molar-refractivity contribution in [3.8, 4) is 0 Å². The molecule has 0 aliphatic carbocycles. The van der Waals surface area contributed by atoms with E-state index >= 15 is 0 Å². The summed E-state index contributed by atoms with van der Waals surface area (Å²) in [5, 5.41) is 3.45. The van der Waals surface area contributed by atoms with Crippen LogP contribution in [-0.2, 0) is 11.2 Å². The molecule has 1 aliphatic rings. The van der Waals surface area contributed by atoms with E-state index in [1.807, 2.05) is 17.0 Å². The summed E-state index contributed by atoms with van der Waals surface area (Å²) in [6.07, 6.45) is 5.06. The van der Waals surface area contributed by atoms with Crippen molar-refractivity contribution in [1.82, 2.24) is 10.2 Å². The van der Waals surface area contributed by atoms with Crippen molar-refractivity contribution in [2.24, 2.45) is 0 Å². The van der Waals surface area contributed by atoms with E-state index in [1.165, 1.54) is 0 Å². The number of amides is 1. The van der Waals surface area contributed by atoms with Crippen LogP contribution in [0.4, 0.5) is 0 Å². The minimum atomic E-state index is 0.251. The van der Waals surface area contributed by atoms with Crippen LogP contribution in [0.25, 0.3) is 0 Å². The predicted octanol–water partition coefficient (Wildman–Crippen LogP) is 1.81. The highest BCUT2D eigenvalue weighted by Crippen LogP contribution is 2.13. The Kier molecular flexibility index (Phi) is 4.81. The number of hydrogen-bond acceptors (Lipinski definition) is 3. The third kappa shape index (κ3) is 3.60. The Labute approximate surface area is 108 Å². The molecule has 0 bridgehead atoms. The fourth-order valence-electron chi connectivity index (χ4n) is 2.46. The van der Waals surface area contributed by atoms with E-state index in [0.29, 0.717) is 18.9 Å². The molecule has 2 heterocycles. The number of nitrogens with zero attached hydrogens (tertiary/aromatic N) is 1. The number of carbonyl (C=O) groups excluding carboxylic acids is 1. The average molecular weight is 250 g/mol. The first-order valence-corrected chi connectivity index (χ1v) is 6.83. The van der Waals surface area contributed by atoms with Crippen LogP contribution in [0.3, 0.4) is 0 Å². The van der Waals surface area contributed by atoms with Crippen LogP contribution in [-0.4, -0.2) is 36.5 Å². The molecule has 0 saturated carbocycles. The lowest BCUT2D eigenvalue weighted by Gasteiger charge is -2.32. The van der Waals surface area contributed by atoms with Gasteiger partial charge < -0.3 is 14.6 Å². The first-order valence-electron chi connectivity index (χ1n) is 6.83. The molecule has 0 aromatic carbocycles. The molecule has 2 rings (SSSR count). The molecule has 0 atom stereocenters. The van der Waals surface area contributed by atoms with Gasteiger partial charge in [0.25, 0.3) is 0 Å².